The van der Waals surface area contributed by atoms with Crippen molar-refractivity contribution in [2.24, 2.45) is 4.99 Å². The Morgan fingerprint density at radius 1 is 1.18 bits per heavy atom. The molecule has 0 spiro atoms. The fourth-order valence-corrected chi connectivity index (χ4v) is 8.68. The van der Waals surface area contributed by atoms with Gasteiger partial charge in [-0.15, -0.1) is 0 Å². The molecule has 4 rings (SSSR count). The van der Waals surface area contributed by atoms with Crippen LogP contribution in [0, 0.1) is 0 Å². The molecule has 0 aliphatic carbocycles. The zero-order chi connectivity index (χ0) is 24.5. The highest BCUT2D eigenvalue weighted by Crippen LogP contribution is 2.46. The van der Waals surface area contributed by atoms with Crippen molar-refractivity contribution in [1.29, 1.82) is 0 Å². The van der Waals surface area contributed by atoms with Gasteiger partial charge in [-0.25, -0.2) is 8.42 Å². The van der Waals surface area contributed by atoms with Gasteiger partial charge in [-0.3, -0.25) is 4.79 Å². The van der Waals surface area contributed by atoms with Crippen molar-refractivity contribution in [2.45, 2.75) is 31.6 Å². The van der Waals surface area contributed by atoms with E-state index in [1.165, 1.54) is 11.8 Å². The highest BCUT2D eigenvalue weighted by molar-refractivity contribution is 9.10. The lowest BCUT2D eigenvalue weighted by molar-refractivity contribution is -0.117. The molecule has 2 saturated heterocycles. The first-order chi connectivity index (χ1) is 16.2. The number of amidine groups is 1. The topological polar surface area (TPSA) is 85.3 Å². The fourth-order valence-electron chi connectivity index (χ4n) is 4.04. The maximum atomic E-state index is 12.9. The Hall–Kier alpha value is -1.75. The minimum Gasteiger partial charge on any atom is -0.490 e. The third-order valence-electron chi connectivity index (χ3n) is 5.46. The lowest BCUT2D eigenvalue weighted by Crippen LogP contribution is -2.38. The molecule has 2 fully saturated rings. The summed E-state index contributed by atoms with van der Waals surface area (Å²) in [6.07, 6.45) is 0.0554. The zero-order valence-electron chi connectivity index (χ0n) is 18.7. The Bertz CT molecular complexity index is 1240. The molecular formula is C23H24BrClN2O5S2. The monoisotopic (exact) mass is 586 g/mol. The summed E-state index contributed by atoms with van der Waals surface area (Å²) < 4.78 is 37.0. The largest absolute Gasteiger partial charge is 0.490 e. The molecule has 0 saturated carbocycles. The number of fused-ring (bicyclic) bond motifs is 1. The lowest BCUT2D eigenvalue weighted by Gasteiger charge is -2.27. The molecule has 2 aromatic carbocycles. The predicted octanol–water partition coefficient (Wildman–Crippen LogP) is 4.74. The van der Waals surface area contributed by atoms with Crippen molar-refractivity contribution < 1.29 is 22.7 Å². The molecule has 2 atom stereocenters. The summed E-state index contributed by atoms with van der Waals surface area (Å²) in [5, 5.41) is 0.755. The number of carbonyl (C=O) groups is 1. The molecule has 0 radical (unpaired) electrons. The van der Waals surface area contributed by atoms with Crippen molar-refractivity contribution in [3.8, 4) is 11.5 Å². The summed E-state index contributed by atoms with van der Waals surface area (Å²) in [6.45, 7) is 4.67. The van der Waals surface area contributed by atoms with E-state index in [4.69, 9.17) is 21.1 Å². The predicted molar refractivity (Wildman–Crippen MR) is 140 cm³/mol. The number of rotatable bonds is 7. The van der Waals surface area contributed by atoms with Gasteiger partial charge in [0.25, 0.3) is 5.91 Å². The highest BCUT2D eigenvalue weighted by Gasteiger charge is 2.50. The first-order valence-corrected chi connectivity index (χ1v) is 14.7. The first-order valence-electron chi connectivity index (χ1n) is 10.8. The van der Waals surface area contributed by atoms with Crippen molar-refractivity contribution >= 4 is 65.9 Å². The standard InChI is InChI=1S/C23H24BrClN2O5S2/c1-3-31-19-10-15(24)17(11-20(19)32-4-2)27-18-12-34(29,30)13-21(18)33-23(27)26-22(28)9-14-7-5-6-8-16(14)25/h5-8,10-11,18,21H,3-4,9,12-13H2,1-2H3. The Morgan fingerprint density at radius 3 is 2.53 bits per heavy atom. The number of hydrogen-bond acceptors (Lipinski definition) is 6. The Balaban J connectivity index is 1.73. The van der Waals surface area contributed by atoms with E-state index in [9.17, 15) is 13.2 Å². The van der Waals surface area contributed by atoms with E-state index in [1.54, 1.807) is 30.3 Å². The van der Waals surface area contributed by atoms with Crippen LogP contribution in [0.2, 0.25) is 5.02 Å². The summed E-state index contributed by atoms with van der Waals surface area (Å²) in [6, 6.07) is 10.4. The van der Waals surface area contributed by atoms with Gasteiger partial charge in [0.2, 0.25) is 0 Å². The summed E-state index contributed by atoms with van der Waals surface area (Å²) >= 11 is 11.1. The molecule has 0 bridgehead atoms. The van der Waals surface area contributed by atoms with Gasteiger partial charge in [0.05, 0.1) is 42.9 Å². The van der Waals surface area contributed by atoms with Crippen molar-refractivity contribution in [3.63, 3.8) is 0 Å². The highest BCUT2D eigenvalue weighted by atomic mass is 79.9. The van der Waals surface area contributed by atoms with E-state index in [0.717, 1.165) is 0 Å². The maximum absolute atomic E-state index is 12.9. The first kappa shape index (κ1) is 25.3. The van der Waals surface area contributed by atoms with Crippen LogP contribution in [0.15, 0.2) is 45.9 Å². The molecule has 2 unspecified atom stereocenters. The lowest BCUT2D eigenvalue weighted by atomic mass is 10.1. The molecule has 1 amide bonds. The van der Waals surface area contributed by atoms with Gasteiger partial charge in [0.15, 0.2) is 26.5 Å². The maximum Gasteiger partial charge on any atom is 0.252 e. The van der Waals surface area contributed by atoms with Crippen LogP contribution < -0.4 is 14.4 Å². The molecule has 0 N–H and O–H groups in total. The van der Waals surface area contributed by atoms with Crippen LogP contribution in [0.1, 0.15) is 19.4 Å². The number of amides is 1. The summed E-state index contributed by atoms with van der Waals surface area (Å²) in [4.78, 5) is 19.1. The van der Waals surface area contributed by atoms with Gasteiger partial charge in [-0.1, -0.05) is 41.6 Å². The van der Waals surface area contributed by atoms with Gasteiger partial charge >= 0.3 is 0 Å². The quantitative estimate of drug-likeness (QED) is 0.462. The van der Waals surface area contributed by atoms with Crippen LogP contribution in [0.5, 0.6) is 11.5 Å². The Kier molecular flexibility index (Phi) is 7.81. The van der Waals surface area contributed by atoms with Crippen LogP contribution in [0.4, 0.5) is 5.69 Å². The van der Waals surface area contributed by atoms with E-state index in [1.807, 2.05) is 24.8 Å². The molecule has 182 valence electrons. The SMILES string of the molecule is CCOc1cc(Br)c(N2C(=NC(=O)Cc3ccccc3Cl)SC3CS(=O)(=O)CC32)cc1OCC. The summed E-state index contributed by atoms with van der Waals surface area (Å²) in [5.41, 5.74) is 1.37. The molecule has 2 aliphatic heterocycles. The second kappa shape index (κ2) is 10.5. The summed E-state index contributed by atoms with van der Waals surface area (Å²) in [5.74, 6) is 0.806. The number of benzene rings is 2. The number of sulfone groups is 1. The molecule has 7 nitrogen and oxygen atoms in total. The minimum absolute atomic E-state index is 0.00793. The number of thioether (sulfide) groups is 1. The molecule has 11 heteroatoms. The number of nitrogens with zero attached hydrogens (tertiary/aromatic N) is 2. The number of halogens is 2. The third kappa shape index (κ3) is 5.40. The van der Waals surface area contributed by atoms with E-state index < -0.39 is 9.84 Å². The molecule has 0 aromatic heterocycles. The number of anilines is 1. The summed E-state index contributed by atoms with van der Waals surface area (Å²) in [7, 11) is -3.19. The Labute approximate surface area is 216 Å². The number of hydrogen-bond donors (Lipinski definition) is 0. The molecule has 2 aliphatic rings. The number of carbonyl (C=O) groups excluding carboxylic acids is 1. The molecular weight excluding hydrogens is 564 g/mol. The normalized spacial score (nSPS) is 22.1. The number of aliphatic imine (C=N–C) groups is 1. The van der Waals surface area contributed by atoms with Gasteiger partial charge in [0.1, 0.15) is 0 Å². The van der Waals surface area contributed by atoms with Gasteiger partial charge in [-0.2, -0.15) is 4.99 Å². The second-order valence-electron chi connectivity index (χ2n) is 7.84. The molecule has 34 heavy (non-hydrogen) atoms. The second-order valence-corrected chi connectivity index (χ2v) is 12.5. The van der Waals surface area contributed by atoms with Crippen molar-refractivity contribution in [3.05, 3.63) is 51.5 Å². The smallest absolute Gasteiger partial charge is 0.252 e. The molecule has 2 aromatic rings. The van der Waals surface area contributed by atoms with E-state index in [0.29, 0.717) is 50.6 Å². The van der Waals surface area contributed by atoms with E-state index in [-0.39, 0.29) is 35.1 Å². The fraction of sp³-hybridized carbons (Fsp3) is 0.391. The zero-order valence-corrected chi connectivity index (χ0v) is 22.6. The van der Waals surface area contributed by atoms with Crippen LogP contribution in [-0.2, 0) is 21.1 Å². The van der Waals surface area contributed by atoms with Gasteiger partial charge < -0.3 is 14.4 Å². The Morgan fingerprint density at radius 2 is 1.85 bits per heavy atom. The van der Waals surface area contributed by atoms with Gasteiger partial charge in [-0.05, 0) is 41.4 Å². The van der Waals surface area contributed by atoms with Gasteiger partial charge in [0, 0.05) is 26.9 Å². The van der Waals surface area contributed by atoms with Crippen LogP contribution in [0.3, 0.4) is 0 Å². The van der Waals surface area contributed by atoms with E-state index >= 15 is 0 Å². The van der Waals surface area contributed by atoms with Crippen LogP contribution >= 0.6 is 39.3 Å². The van der Waals surface area contributed by atoms with Crippen molar-refractivity contribution in [2.75, 3.05) is 29.6 Å². The number of ether oxygens (including phenoxy) is 2. The minimum atomic E-state index is -3.19. The molecule has 2 heterocycles. The van der Waals surface area contributed by atoms with E-state index in [2.05, 4.69) is 20.9 Å². The van der Waals surface area contributed by atoms with Crippen LogP contribution in [0.25, 0.3) is 0 Å². The third-order valence-corrected chi connectivity index (χ3v) is 9.67. The average molecular weight is 588 g/mol. The average Bonchev–Trinajstić information content (AvgIpc) is 3.22. The van der Waals surface area contributed by atoms with Crippen LogP contribution in [-0.4, -0.2) is 55.5 Å². The van der Waals surface area contributed by atoms with Crippen molar-refractivity contribution in [1.82, 2.24) is 0 Å².